The first-order valence-corrected chi connectivity index (χ1v) is 8.76. The lowest BCUT2D eigenvalue weighted by Gasteiger charge is -2.33. The molecule has 0 saturated carbocycles. The maximum Gasteiger partial charge on any atom is 0.270 e. The van der Waals surface area contributed by atoms with Crippen molar-refractivity contribution in [2.45, 2.75) is 20.0 Å². The summed E-state index contributed by atoms with van der Waals surface area (Å²) in [5, 5.41) is 0.634. The van der Waals surface area contributed by atoms with Crippen LogP contribution in [-0.4, -0.2) is 33.5 Å². The zero-order valence-corrected chi connectivity index (χ0v) is 14.7. The summed E-state index contributed by atoms with van der Waals surface area (Å²) in [4.78, 5) is 28.1. The molecule has 0 saturated heterocycles. The Hall–Kier alpha value is -2.80. The van der Waals surface area contributed by atoms with E-state index in [1.807, 2.05) is 32.0 Å². The lowest BCUT2D eigenvalue weighted by molar-refractivity contribution is 0.0965. The number of anilines is 1. The third-order valence-corrected chi connectivity index (χ3v) is 4.87. The second kappa shape index (κ2) is 6.25. The van der Waals surface area contributed by atoms with Crippen molar-refractivity contribution in [2.75, 3.05) is 11.4 Å². The molecule has 7 heteroatoms. The molecule has 1 aromatic carbocycles. The summed E-state index contributed by atoms with van der Waals surface area (Å²) in [5.41, 5.74) is 1.88. The number of rotatable bonds is 2. The van der Waals surface area contributed by atoms with E-state index >= 15 is 0 Å². The van der Waals surface area contributed by atoms with E-state index in [0.717, 1.165) is 17.0 Å². The maximum absolute atomic E-state index is 13.1. The molecule has 6 nitrogen and oxygen atoms in total. The number of nitrogens with zero attached hydrogens (tertiary/aromatic N) is 4. The van der Waals surface area contributed by atoms with Gasteiger partial charge in [0.1, 0.15) is 16.7 Å². The van der Waals surface area contributed by atoms with Gasteiger partial charge in [-0.3, -0.25) is 4.79 Å². The molecule has 4 rings (SSSR count). The van der Waals surface area contributed by atoms with Gasteiger partial charge in [-0.2, -0.15) is 0 Å². The normalized spacial score (nSPS) is 16.2. The molecule has 25 heavy (non-hydrogen) atoms. The van der Waals surface area contributed by atoms with E-state index in [-0.39, 0.29) is 12.0 Å². The van der Waals surface area contributed by atoms with Gasteiger partial charge in [0.2, 0.25) is 0 Å². The van der Waals surface area contributed by atoms with Crippen molar-refractivity contribution in [1.29, 1.82) is 0 Å². The summed E-state index contributed by atoms with van der Waals surface area (Å²) in [7, 11) is 0. The summed E-state index contributed by atoms with van der Waals surface area (Å²) < 4.78 is 5.85. The molecular formula is C18H16N4O2S. The Morgan fingerprint density at radius 2 is 2.08 bits per heavy atom. The quantitative estimate of drug-likeness (QED) is 0.707. The largest absolute Gasteiger partial charge is 0.487 e. The maximum atomic E-state index is 13.1. The van der Waals surface area contributed by atoms with Crippen molar-refractivity contribution in [3.05, 3.63) is 53.3 Å². The summed E-state index contributed by atoms with van der Waals surface area (Å²) in [6, 6.07) is 7.62. The van der Waals surface area contributed by atoms with Crippen LogP contribution >= 0.6 is 11.3 Å². The van der Waals surface area contributed by atoms with Crippen LogP contribution < -0.4 is 9.64 Å². The molecular weight excluding hydrogens is 336 g/mol. The van der Waals surface area contributed by atoms with E-state index in [4.69, 9.17) is 4.74 Å². The van der Waals surface area contributed by atoms with Gasteiger partial charge in [-0.25, -0.2) is 15.0 Å². The standard InChI is InChI=1S/C18H16N4O2S/c1-11-4-5-14-13(8-11)22(10-12(2)24-14)18(23)15-9-21-17(25-15)16-19-6-3-7-20-16/h3-9,12H,10H2,1-2H3/t12-/m1/s1. The minimum absolute atomic E-state index is 0.0657. The molecule has 2 aromatic heterocycles. The smallest absolute Gasteiger partial charge is 0.270 e. The van der Waals surface area contributed by atoms with Gasteiger partial charge in [0.05, 0.1) is 18.4 Å². The van der Waals surface area contributed by atoms with Crippen molar-refractivity contribution >= 4 is 22.9 Å². The number of aromatic nitrogens is 3. The molecule has 1 aliphatic heterocycles. The highest BCUT2D eigenvalue weighted by Crippen LogP contribution is 2.36. The average Bonchev–Trinajstić information content (AvgIpc) is 3.12. The molecule has 0 N–H and O–H groups in total. The third kappa shape index (κ3) is 2.98. The van der Waals surface area contributed by atoms with Crippen LogP contribution in [0.5, 0.6) is 5.75 Å². The van der Waals surface area contributed by atoms with Gasteiger partial charge in [0.25, 0.3) is 5.91 Å². The van der Waals surface area contributed by atoms with Crippen LogP contribution in [0.15, 0.2) is 42.9 Å². The van der Waals surface area contributed by atoms with Crippen LogP contribution in [0, 0.1) is 6.92 Å². The molecule has 1 amide bonds. The summed E-state index contributed by atoms with van der Waals surface area (Å²) in [5.74, 6) is 1.17. The molecule has 0 radical (unpaired) electrons. The van der Waals surface area contributed by atoms with Crippen molar-refractivity contribution in [2.24, 2.45) is 0 Å². The van der Waals surface area contributed by atoms with Crippen LogP contribution in [-0.2, 0) is 0 Å². The molecule has 0 fully saturated rings. The fourth-order valence-corrected chi connectivity index (χ4v) is 3.57. The number of aryl methyl sites for hydroxylation is 1. The van der Waals surface area contributed by atoms with Crippen molar-refractivity contribution in [1.82, 2.24) is 15.0 Å². The van der Waals surface area contributed by atoms with E-state index < -0.39 is 0 Å². The van der Waals surface area contributed by atoms with Crippen molar-refractivity contribution < 1.29 is 9.53 Å². The van der Waals surface area contributed by atoms with Crippen molar-refractivity contribution in [3.63, 3.8) is 0 Å². The second-order valence-corrected chi connectivity index (χ2v) is 6.95. The van der Waals surface area contributed by atoms with Gasteiger partial charge in [0.15, 0.2) is 10.8 Å². The van der Waals surface area contributed by atoms with E-state index in [1.165, 1.54) is 11.3 Å². The topological polar surface area (TPSA) is 68.2 Å². The predicted octanol–water partition coefficient (Wildman–Crippen LogP) is 3.34. The molecule has 3 heterocycles. The monoisotopic (exact) mass is 352 g/mol. The van der Waals surface area contributed by atoms with Crippen LogP contribution in [0.2, 0.25) is 0 Å². The second-order valence-electron chi connectivity index (χ2n) is 5.92. The number of fused-ring (bicyclic) bond motifs is 1. The van der Waals surface area contributed by atoms with Gasteiger partial charge >= 0.3 is 0 Å². The highest BCUT2D eigenvalue weighted by molar-refractivity contribution is 7.16. The van der Waals surface area contributed by atoms with Crippen LogP contribution in [0.3, 0.4) is 0 Å². The summed E-state index contributed by atoms with van der Waals surface area (Å²) >= 11 is 1.30. The predicted molar refractivity (Wildman–Crippen MR) is 96.1 cm³/mol. The van der Waals surface area contributed by atoms with E-state index in [1.54, 1.807) is 29.6 Å². The third-order valence-electron chi connectivity index (χ3n) is 3.89. The molecule has 1 aliphatic rings. The lowest BCUT2D eigenvalue weighted by Crippen LogP contribution is -2.42. The first kappa shape index (κ1) is 15.7. The number of benzene rings is 1. The first-order valence-electron chi connectivity index (χ1n) is 7.94. The van der Waals surface area contributed by atoms with Gasteiger partial charge in [-0.1, -0.05) is 6.07 Å². The Bertz CT molecular complexity index is 926. The Labute approximate surface area is 149 Å². The SMILES string of the molecule is Cc1ccc2c(c1)N(C(=O)c1cnc(-c3ncccn3)s1)C[C@@H](C)O2. The highest BCUT2D eigenvalue weighted by Gasteiger charge is 2.29. The molecule has 0 bridgehead atoms. The molecule has 3 aromatic rings. The summed E-state index contributed by atoms with van der Waals surface area (Å²) in [6.07, 6.45) is 4.85. The number of thiazole rings is 1. The zero-order valence-electron chi connectivity index (χ0n) is 13.8. The molecule has 0 aliphatic carbocycles. The van der Waals surface area contributed by atoms with Gasteiger partial charge in [-0.05, 0) is 37.6 Å². The average molecular weight is 352 g/mol. The molecule has 126 valence electrons. The van der Waals surface area contributed by atoms with E-state index in [9.17, 15) is 4.79 Å². The summed E-state index contributed by atoms with van der Waals surface area (Å²) in [6.45, 7) is 4.46. The van der Waals surface area contributed by atoms with Gasteiger partial charge in [0, 0.05) is 12.4 Å². The first-order chi connectivity index (χ1) is 12.1. The Balaban J connectivity index is 1.68. The number of carbonyl (C=O) groups is 1. The van der Waals surface area contributed by atoms with Gasteiger partial charge < -0.3 is 9.64 Å². The fraction of sp³-hybridized carbons (Fsp3) is 0.222. The van der Waals surface area contributed by atoms with E-state index in [2.05, 4.69) is 15.0 Å². The van der Waals surface area contributed by atoms with Crippen LogP contribution in [0.1, 0.15) is 22.2 Å². The lowest BCUT2D eigenvalue weighted by atomic mass is 10.1. The van der Waals surface area contributed by atoms with Crippen molar-refractivity contribution in [3.8, 4) is 16.6 Å². The Kier molecular flexibility index (Phi) is 3.93. The minimum Gasteiger partial charge on any atom is -0.487 e. The van der Waals surface area contributed by atoms with Crippen LogP contribution in [0.4, 0.5) is 5.69 Å². The molecule has 0 spiro atoms. The molecule has 0 unspecified atom stereocenters. The number of carbonyl (C=O) groups excluding carboxylic acids is 1. The number of hydrogen-bond acceptors (Lipinski definition) is 6. The number of ether oxygens (including phenoxy) is 1. The molecule has 1 atom stereocenters. The number of hydrogen-bond donors (Lipinski definition) is 0. The Morgan fingerprint density at radius 3 is 2.88 bits per heavy atom. The Morgan fingerprint density at radius 1 is 1.28 bits per heavy atom. The highest BCUT2D eigenvalue weighted by atomic mass is 32.1. The van der Waals surface area contributed by atoms with E-state index in [0.29, 0.717) is 22.3 Å². The fourth-order valence-electron chi connectivity index (χ4n) is 2.76. The van der Waals surface area contributed by atoms with Crippen LogP contribution in [0.25, 0.3) is 10.8 Å². The zero-order chi connectivity index (χ0) is 17.4. The van der Waals surface area contributed by atoms with Gasteiger partial charge in [-0.15, -0.1) is 11.3 Å². The number of amides is 1. The minimum atomic E-state index is -0.0818.